The summed E-state index contributed by atoms with van der Waals surface area (Å²) in [6.45, 7) is 5.76. The summed E-state index contributed by atoms with van der Waals surface area (Å²) in [5, 5.41) is 8.56. The van der Waals surface area contributed by atoms with Gasteiger partial charge in [0, 0.05) is 25.7 Å². The predicted molar refractivity (Wildman–Crippen MR) is 135 cm³/mol. The van der Waals surface area contributed by atoms with Crippen LogP contribution in [0.2, 0.25) is 0 Å². The van der Waals surface area contributed by atoms with Gasteiger partial charge in [-0.1, -0.05) is 30.3 Å². The zero-order valence-electron chi connectivity index (χ0n) is 19.5. The average molecular weight is 469 g/mol. The molecule has 2 aromatic carbocycles. The Morgan fingerprint density at radius 3 is 2.70 bits per heavy atom. The molecule has 1 saturated heterocycles. The summed E-state index contributed by atoms with van der Waals surface area (Å²) in [6.07, 6.45) is 5.13. The van der Waals surface area contributed by atoms with E-state index in [1.54, 1.807) is 0 Å². The van der Waals surface area contributed by atoms with E-state index in [0.29, 0.717) is 18.5 Å². The van der Waals surface area contributed by atoms with Crippen LogP contribution in [0.1, 0.15) is 24.0 Å². The van der Waals surface area contributed by atoms with E-state index in [1.165, 1.54) is 17.7 Å². The third-order valence-corrected chi connectivity index (χ3v) is 6.75. The second kappa shape index (κ2) is 11.6. The monoisotopic (exact) mass is 468 g/mol. The molecule has 1 fully saturated rings. The summed E-state index contributed by atoms with van der Waals surface area (Å²) in [6, 6.07) is 17.4. The van der Waals surface area contributed by atoms with Crippen molar-refractivity contribution < 1.29 is 9.13 Å². The van der Waals surface area contributed by atoms with E-state index in [1.807, 2.05) is 46.8 Å². The highest BCUT2D eigenvalue weighted by Gasteiger charge is 2.25. The molecule has 4 rings (SSSR count). The number of likely N-dealkylation sites (tertiary alicyclic amines) is 1. The highest BCUT2D eigenvalue weighted by atomic mass is 32.2. The lowest BCUT2D eigenvalue weighted by Gasteiger charge is -2.18. The van der Waals surface area contributed by atoms with Crippen LogP contribution in [0.5, 0.6) is 5.88 Å². The van der Waals surface area contributed by atoms with Gasteiger partial charge in [-0.15, -0.1) is 5.10 Å². The number of nitrogens with zero attached hydrogens (tertiary/aromatic N) is 3. The number of halogens is 1. The van der Waals surface area contributed by atoms with Crippen molar-refractivity contribution in [2.45, 2.75) is 32.2 Å². The number of anilines is 1. The zero-order valence-corrected chi connectivity index (χ0v) is 20.3. The number of para-hydroxylation sites is 1. The molecule has 0 aliphatic carbocycles. The number of aromatic nitrogens is 2. The lowest BCUT2D eigenvalue weighted by atomic mass is 10.1. The minimum atomic E-state index is -0.179. The minimum Gasteiger partial charge on any atom is -0.476 e. The van der Waals surface area contributed by atoms with Gasteiger partial charge in [-0.25, -0.2) is 9.07 Å². The standard InChI is InChI=1S/C26H33FN4OS/c1-20-25(28-23-14-16-30(19-23)15-13-21-9-11-22(27)12-10-21)31(24-7-4-3-5-8-24)29-26(20)32-17-6-18-33-2/h3-5,7-12,23,28H,6,13-19H2,1-2H3. The molecule has 1 N–H and O–H groups in total. The van der Waals surface area contributed by atoms with E-state index < -0.39 is 0 Å². The molecule has 0 bridgehead atoms. The quantitative estimate of drug-likeness (QED) is 0.393. The van der Waals surface area contributed by atoms with Crippen LogP contribution in [-0.2, 0) is 6.42 Å². The van der Waals surface area contributed by atoms with Gasteiger partial charge in [-0.3, -0.25) is 0 Å². The molecular formula is C26H33FN4OS. The molecule has 1 aliphatic heterocycles. The third-order valence-electron chi connectivity index (χ3n) is 6.05. The Bertz CT molecular complexity index is 1010. The van der Waals surface area contributed by atoms with Crippen LogP contribution in [0, 0.1) is 12.7 Å². The molecule has 1 atom stereocenters. The molecule has 0 amide bonds. The SMILES string of the molecule is CSCCCOc1nn(-c2ccccc2)c(NC2CCN(CCc3ccc(F)cc3)C2)c1C. The summed E-state index contributed by atoms with van der Waals surface area (Å²) in [5.74, 6) is 2.61. The molecule has 1 aromatic heterocycles. The Morgan fingerprint density at radius 2 is 1.94 bits per heavy atom. The fourth-order valence-electron chi connectivity index (χ4n) is 4.20. The number of benzene rings is 2. The molecule has 1 aliphatic rings. The maximum atomic E-state index is 13.1. The van der Waals surface area contributed by atoms with Gasteiger partial charge in [0.1, 0.15) is 11.6 Å². The molecule has 0 radical (unpaired) electrons. The number of hydrogen-bond donors (Lipinski definition) is 1. The molecule has 3 aromatic rings. The number of ether oxygens (including phenoxy) is 1. The molecule has 5 nitrogen and oxygen atoms in total. The van der Waals surface area contributed by atoms with Crippen LogP contribution in [0.4, 0.5) is 10.2 Å². The second-order valence-electron chi connectivity index (χ2n) is 8.53. The van der Waals surface area contributed by atoms with Crippen molar-refractivity contribution in [3.05, 3.63) is 71.5 Å². The molecule has 7 heteroatoms. The number of rotatable bonds is 11. The summed E-state index contributed by atoms with van der Waals surface area (Å²) in [4.78, 5) is 2.47. The highest BCUT2D eigenvalue weighted by Crippen LogP contribution is 2.30. The van der Waals surface area contributed by atoms with E-state index >= 15 is 0 Å². The first-order valence-corrected chi connectivity index (χ1v) is 13.0. The Kier molecular flexibility index (Phi) is 8.29. The second-order valence-corrected chi connectivity index (χ2v) is 9.51. The van der Waals surface area contributed by atoms with Crippen molar-refractivity contribution in [2.75, 3.05) is 43.6 Å². The van der Waals surface area contributed by atoms with Crippen molar-refractivity contribution in [1.29, 1.82) is 0 Å². The minimum absolute atomic E-state index is 0.179. The van der Waals surface area contributed by atoms with Gasteiger partial charge in [0.05, 0.1) is 17.9 Å². The number of nitrogens with one attached hydrogen (secondary N) is 1. The maximum absolute atomic E-state index is 13.1. The van der Waals surface area contributed by atoms with Crippen LogP contribution in [-0.4, -0.2) is 59.0 Å². The summed E-state index contributed by atoms with van der Waals surface area (Å²) >= 11 is 1.83. The molecule has 33 heavy (non-hydrogen) atoms. The Balaban J connectivity index is 1.41. The average Bonchev–Trinajstić information content (AvgIpc) is 3.42. The zero-order chi connectivity index (χ0) is 23.0. The summed E-state index contributed by atoms with van der Waals surface area (Å²) in [5.41, 5.74) is 3.25. The highest BCUT2D eigenvalue weighted by molar-refractivity contribution is 7.98. The molecule has 1 unspecified atom stereocenters. The van der Waals surface area contributed by atoms with E-state index in [-0.39, 0.29) is 5.82 Å². The first kappa shape index (κ1) is 23.6. The van der Waals surface area contributed by atoms with E-state index in [0.717, 1.165) is 61.7 Å². The Morgan fingerprint density at radius 1 is 1.15 bits per heavy atom. The number of hydrogen-bond acceptors (Lipinski definition) is 5. The van der Waals surface area contributed by atoms with Crippen LogP contribution in [0.25, 0.3) is 5.69 Å². The van der Waals surface area contributed by atoms with E-state index in [4.69, 9.17) is 9.84 Å². The van der Waals surface area contributed by atoms with Crippen LogP contribution in [0.15, 0.2) is 54.6 Å². The van der Waals surface area contributed by atoms with Crippen molar-refractivity contribution in [3.63, 3.8) is 0 Å². The van der Waals surface area contributed by atoms with Gasteiger partial charge in [0.15, 0.2) is 0 Å². The Labute approximate surface area is 200 Å². The van der Waals surface area contributed by atoms with E-state index in [2.05, 4.69) is 35.5 Å². The molecule has 0 saturated carbocycles. The molecule has 2 heterocycles. The van der Waals surface area contributed by atoms with Crippen molar-refractivity contribution in [1.82, 2.24) is 14.7 Å². The first-order chi connectivity index (χ1) is 16.1. The largest absolute Gasteiger partial charge is 0.476 e. The molecule has 176 valence electrons. The van der Waals surface area contributed by atoms with Crippen molar-refractivity contribution in [2.24, 2.45) is 0 Å². The van der Waals surface area contributed by atoms with Crippen LogP contribution < -0.4 is 10.1 Å². The Hall–Kier alpha value is -2.51. The van der Waals surface area contributed by atoms with E-state index in [9.17, 15) is 4.39 Å². The smallest absolute Gasteiger partial charge is 0.238 e. The van der Waals surface area contributed by atoms with Crippen molar-refractivity contribution in [3.8, 4) is 11.6 Å². The molecular weight excluding hydrogens is 435 g/mol. The fraction of sp³-hybridized carbons (Fsp3) is 0.423. The van der Waals surface area contributed by atoms with Crippen molar-refractivity contribution >= 4 is 17.6 Å². The maximum Gasteiger partial charge on any atom is 0.238 e. The van der Waals surface area contributed by atoms with Crippen LogP contribution >= 0.6 is 11.8 Å². The van der Waals surface area contributed by atoms with Gasteiger partial charge in [-0.2, -0.15) is 11.8 Å². The first-order valence-electron chi connectivity index (χ1n) is 11.6. The van der Waals surface area contributed by atoms with Gasteiger partial charge < -0.3 is 15.0 Å². The molecule has 0 spiro atoms. The van der Waals surface area contributed by atoms with Gasteiger partial charge in [-0.05, 0) is 68.0 Å². The number of thioether (sulfide) groups is 1. The summed E-state index contributed by atoms with van der Waals surface area (Å²) < 4.78 is 21.2. The predicted octanol–water partition coefficient (Wildman–Crippen LogP) is 5.18. The van der Waals surface area contributed by atoms with Crippen LogP contribution in [0.3, 0.4) is 0 Å². The third kappa shape index (κ3) is 6.30. The topological polar surface area (TPSA) is 42.3 Å². The van der Waals surface area contributed by atoms with Gasteiger partial charge >= 0.3 is 0 Å². The lowest BCUT2D eigenvalue weighted by molar-refractivity contribution is 0.302. The van der Waals surface area contributed by atoms with Gasteiger partial charge in [0.2, 0.25) is 5.88 Å². The van der Waals surface area contributed by atoms with Gasteiger partial charge in [0.25, 0.3) is 0 Å². The lowest BCUT2D eigenvalue weighted by Crippen LogP contribution is -2.28. The summed E-state index contributed by atoms with van der Waals surface area (Å²) in [7, 11) is 0. The normalized spacial score (nSPS) is 16.3. The fourth-order valence-corrected chi connectivity index (χ4v) is 4.60.